The molecule has 2 rings (SSSR count). The first-order valence-corrected chi connectivity index (χ1v) is 9.55. The number of alkyl halides is 1. The number of halogens is 1. The fourth-order valence-corrected chi connectivity index (χ4v) is 2.90. The molecule has 0 bridgehead atoms. The van der Waals surface area contributed by atoms with Crippen molar-refractivity contribution in [1.82, 2.24) is 0 Å². The Kier molecular flexibility index (Phi) is 7.83. The van der Waals surface area contributed by atoms with Crippen LogP contribution in [0.25, 0.3) is 6.08 Å². The minimum Gasteiger partial charge on any atom is -0.122 e. The van der Waals surface area contributed by atoms with Crippen molar-refractivity contribution >= 4 is 17.7 Å². The maximum atomic E-state index is 6.33. The number of rotatable bonds is 6. The Morgan fingerprint density at radius 3 is 2.16 bits per heavy atom. The summed E-state index contributed by atoms with van der Waals surface area (Å²) >= 11 is 6.33. The van der Waals surface area contributed by atoms with Gasteiger partial charge < -0.3 is 0 Å². The van der Waals surface area contributed by atoms with Crippen LogP contribution in [0.5, 0.6) is 0 Å². The van der Waals surface area contributed by atoms with Gasteiger partial charge in [0.15, 0.2) is 0 Å². The topological polar surface area (TPSA) is 0 Å². The lowest BCUT2D eigenvalue weighted by Crippen LogP contribution is -2.02. The van der Waals surface area contributed by atoms with Crippen LogP contribution in [-0.4, -0.2) is 5.88 Å². The van der Waals surface area contributed by atoms with Gasteiger partial charge in [-0.1, -0.05) is 85.0 Å². The van der Waals surface area contributed by atoms with E-state index >= 15 is 0 Å². The van der Waals surface area contributed by atoms with Crippen LogP contribution in [0.2, 0.25) is 0 Å². The Morgan fingerprint density at radius 2 is 1.60 bits per heavy atom. The molecule has 0 N–H and O–H groups in total. The fourth-order valence-electron chi connectivity index (χ4n) is 2.66. The van der Waals surface area contributed by atoms with E-state index < -0.39 is 0 Å². The van der Waals surface area contributed by atoms with Crippen LogP contribution in [0.15, 0.2) is 54.1 Å². The molecule has 25 heavy (non-hydrogen) atoms. The number of hydrogen-bond donors (Lipinski definition) is 0. The molecular weight excluding hydrogens is 324 g/mol. The van der Waals surface area contributed by atoms with Crippen LogP contribution in [-0.2, 0) is 0 Å². The van der Waals surface area contributed by atoms with Crippen molar-refractivity contribution in [2.24, 2.45) is 0 Å². The third-order valence-corrected chi connectivity index (χ3v) is 4.58. The summed E-state index contributed by atoms with van der Waals surface area (Å²) in [6.45, 7) is 6.40. The van der Waals surface area contributed by atoms with Crippen LogP contribution in [0, 0.1) is 25.7 Å². The predicted octanol–water partition coefficient (Wildman–Crippen LogP) is 6.90. The molecule has 1 heteroatoms. The molecule has 2 aromatic carbocycles. The summed E-state index contributed by atoms with van der Waals surface area (Å²) in [7, 11) is 0. The van der Waals surface area contributed by atoms with E-state index in [9.17, 15) is 0 Å². The van der Waals surface area contributed by atoms with Gasteiger partial charge in [-0.2, -0.15) is 0 Å². The van der Waals surface area contributed by atoms with Crippen LogP contribution in [0.1, 0.15) is 54.4 Å². The van der Waals surface area contributed by atoms with Crippen LogP contribution >= 0.6 is 11.6 Å². The Labute approximate surface area is 157 Å². The van der Waals surface area contributed by atoms with Gasteiger partial charge in [0.25, 0.3) is 0 Å². The first-order chi connectivity index (χ1) is 12.1. The van der Waals surface area contributed by atoms with Gasteiger partial charge in [0.2, 0.25) is 0 Å². The molecule has 1 unspecified atom stereocenters. The summed E-state index contributed by atoms with van der Waals surface area (Å²) in [5.41, 5.74) is 6.07. The highest BCUT2D eigenvalue weighted by Crippen LogP contribution is 2.27. The molecule has 0 amide bonds. The van der Waals surface area contributed by atoms with E-state index in [-0.39, 0.29) is 5.92 Å². The fraction of sp³-hybridized carbons (Fsp3) is 0.333. The number of benzene rings is 2. The molecule has 130 valence electrons. The number of hydrogen-bond acceptors (Lipinski definition) is 0. The number of aryl methyl sites for hydroxylation is 2. The van der Waals surface area contributed by atoms with Crippen molar-refractivity contribution in [3.63, 3.8) is 0 Å². The average Bonchev–Trinajstić information content (AvgIpc) is 2.63. The van der Waals surface area contributed by atoms with Gasteiger partial charge in [-0.3, -0.25) is 0 Å². The summed E-state index contributed by atoms with van der Waals surface area (Å²) in [6.07, 6.45) is 5.45. The third-order valence-electron chi connectivity index (χ3n) is 4.27. The molecule has 0 heterocycles. The van der Waals surface area contributed by atoms with Crippen LogP contribution in [0.3, 0.4) is 0 Å². The zero-order chi connectivity index (χ0) is 18.1. The van der Waals surface area contributed by atoms with Gasteiger partial charge in [-0.05, 0) is 37.0 Å². The molecule has 0 nitrogen and oxygen atoms in total. The zero-order valence-corrected chi connectivity index (χ0v) is 16.2. The van der Waals surface area contributed by atoms with E-state index in [4.69, 9.17) is 11.6 Å². The van der Waals surface area contributed by atoms with Crippen molar-refractivity contribution in [2.45, 2.75) is 46.0 Å². The van der Waals surface area contributed by atoms with E-state index in [1.807, 2.05) is 0 Å². The van der Waals surface area contributed by atoms with Crippen LogP contribution < -0.4 is 0 Å². The highest BCUT2D eigenvalue weighted by Gasteiger charge is 2.14. The predicted molar refractivity (Wildman–Crippen MR) is 111 cm³/mol. The highest BCUT2D eigenvalue weighted by molar-refractivity contribution is 6.20. The summed E-state index contributed by atoms with van der Waals surface area (Å²) in [4.78, 5) is 0. The molecule has 0 aliphatic rings. The molecule has 0 saturated heterocycles. The Balaban J connectivity index is 2.37. The van der Waals surface area contributed by atoms with Crippen molar-refractivity contribution < 1.29 is 0 Å². The summed E-state index contributed by atoms with van der Waals surface area (Å²) < 4.78 is 0. The molecule has 1 atom stereocenters. The van der Waals surface area contributed by atoms with Crippen molar-refractivity contribution in [3.8, 4) is 11.8 Å². The molecule has 0 radical (unpaired) electrons. The molecule has 0 aliphatic heterocycles. The zero-order valence-electron chi connectivity index (χ0n) is 15.5. The van der Waals surface area contributed by atoms with Crippen molar-refractivity contribution in [1.29, 1.82) is 0 Å². The normalized spacial score (nSPS) is 12.4. The minimum absolute atomic E-state index is 0.0521. The van der Waals surface area contributed by atoms with Crippen molar-refractivity contribution in [3.05, 3.63) is 76.4 Å². The second kappa shape index (κ2) is 10.1. The molecular formula is C24H27Cl. The average molecular weight is 351 g/mol. The molecule has 0 aromatic heterocycles. The van der Waals surface area contributed by atoms with Gasteiger partial charge >= 0.3 is 0 Å². The first-order valence-electron chi connectivity index (χ1n) is 9.02. The molecule has 0 aliphatic carbocycles. The first kappa shape index (κ1) is 19.4. The SMILES string of the molecule is CCCCC#CC(/C(=C/c1ccc(C)cc1)CCl)c1ccc(C)cc1. The lowest BCUT2D eigenvalue weighted by Gasteiger charge is -2.15. The van der Waals surface area contributed by atoms with E-state index in [1.165, 1.54) is 28.7 Å². The highest BCUT2D eigenvalue weighted by atomic mass is 35.5. The number of allylic oxidation sites excluding steroid dienone is 1. The van der Waals surface area contributed by atoms with Gasteiger partial charge in [-0.15, -0.1) is 17.5 Å². The quantitative estimate of drug-likeness (QED) is 0.302. The van der Waals surface area contributed by atoms with E-state index in [0.717, 1.165) is 18.4 Å². The smallest absolute Gasteiger partial charge is 0.0676 e. The van der Waals surface area contributed by atoms with Gasteiger partial charge in [0, 0.05) is 12.3 Å². The second-order valence-electron chi connectivity index (χ2n) is 6.53. The van der Waals surface area contributed by atoms with Gasteiger partial charge in [0.05, 0.1) is 5.92 Å². The number of unbranched alkanes of at least 4 members (excludes halogenated alkanes) is 2. The summed E-state index contributed by atoms with van der Waals surface area (Å²) in [5.74, 6) is 7.36. The van der Waals surface area contributed by atoms with Gasteiger partial charge in [0.1, 0.15) is 0 Å². The Morgan fingerprint density at radius 1 is 1.00 bits per heavy atom. The largest absolute Gasteiger partial charge is 0.122 e. The lowest BCUT2D eigenvalue weighted by molar-refractivity contribution is 0.826. The van der Waals surface area contributed by atoms with Crippen molar-refractivity contribution in [2.75, 3.05) is 5.88 Å². The standard InChI is InChI=1S/C24H27Cl/c1-4-5-6-7-8-24(22-15-11-20(3)12-16-22)23(18-25)17-21-13-9-19(2)10-14-21/h9-17,24H,4-6,18H2,1-3H3/b23-17+. The molecule has 0 saturated carbocycles. The molecule has 0 fully saturated rings. The summed E-state index contributed by atoms with van der Waals surface area (Å²) in [5, 5.41) is 0. The lowest BCUT2D eigenvalue weighted by atomic mass is 9.90. The maximum Gasteiger partial charge on any atom is 0.0676 e. The third kappa shape index (κ3) is 6.11. The van der Waals surface area contributed by atoms with E-state index in [2.05, 4.69) is 87.2 Å². The minimum atomic E-state index is 0.0521. The molecule has 2 aromatic rings. The monoisotopic (exact) mass is 350 g/mol. The van der Waals surface area contributed by atoms with Gasteiger partial charge in [-0.25, -0.2) is 0 Å². The van der Waals surface area contributed by atoms with E-state index in [0.29, 0.717) is 5.88 Å². The second-order valence-corrected chi connectivity index (χ2v) is 6.80. The van der Waals surface area contributed by atoms with E-state index in [1.54, 1.807) is 0 Å². The Bertz CT molecular complexity index is 739. The summed E-state index contributed by atoms with van der Waals surface area (Å²) in [6, 6.07) is 17.2. The Hall–Kier alpha value is -1.97. The maximum absolute atomic E-state index is 6.33. The van der Waals surface area contributed by atoms with Crippen LogP contribution in [0.4, 0.5) is 0 Å². The molecule has 0 spiro atoms.